The third kappa shape index (κ3) is 5.14. The van der Waals surface area contributed by atoms with Crippen LogP contribution in [0.15, 0.2) is 34.3 Å². The molecule has 1 aromatic carbocycles. The molecule has 1 rings (SSSR count). The minimum Gasteiger partial charge on any atom is -0.313 e. The van der Waals surface area contributed by atoms with Crippen LogP contribution in [0.4, 0.5) is 0 Å². The van der Waals surface area contributed by atoms with Gasteiger partial charge in [0.25, 0.3) is 0 Å². The largest absolute Gasteiger partial charge is 0.313 e. The van der Waals surface area contributed by atoms with Crippen LogP contribution in [0.25, 0.3) is 6.08 Å². The Kier molecular flexibility index (Phi) is 5.66. The lowest BCUT2D eigenvalue weighted by Gasteiger charge is -2.03. The van der Waals surface area contributed by atoms with Gasteiger partial charge in [-0.05, 0) is 37.6 Å². The summed E-state index contributed by atoms with van der Waals surface area (Å²) in [5, 5.41) is 3.39. The fourth-order valence-electron chi connectivity index (χ4n) is 1.36. The minimum absolute atomic E-state index is 0.976. The molecule has 0 saturated carbocycles. The maximum absolute atomic E-state index is 3.43. The van der Waals surface area contributed by atoms with Crippen molar-refractivity contribution in [1.82, 2.24) is 5.32 Å². The molecule has 1 aromatic rings. The van der Waals surface area contributed by atoms with Gasteiger partial charge in [-0.25, -0.2) is 0 Å². The number of hydrogen-bond donors (Lipinski definition) is 1. The third-order valence-electron chi connectivity index (χ3n) is 2.11. The molecule has 0 aliphatic heterocycles. The molecule has 0 aliphatic rings. The van der Waals surface area contributed by atoms with Gasteiger partial charge in [-0.15, -0.1) is 0 Å². The van der Waals surface area contributed by atoms with Gasteiger partial charge in [-0.3, -0.25) is 0 Å². The quantitative estimate of drug-likeness (QED) is 0.800. The summed E-state index contributed by atoms with van der Waals surface area (Å²) in [4.78, 5) is 0. The number of hydrogen-bond acceptors (Lipinski definition) is 1. The Balaban J connectivity index is 2.50. The first-order valence-corrected chi connectivity index (χ1v) is 6.15. The van der Waals surface area contributed by atoms with Crippen LogP contribution in [0.3, 0.4) is 0 Å². The van der Waals surface area contributed by atoms with Crippen LogP contribution in [0, 0.1) is 0 Å². The zero-order valence-electron chi connectivity index (χ0n) is 9.39. The molecule has 0 amide bonds. The SMILES string of the molecule is CCCNCC(C)=Cc1ccc(Br)cc1. The molecule has 82 valence electrons. The van der Waals surface area contributed by atoms with Crippen molar-refractivity contribution in [2.75, 3.05) is 13.1 Å². The average Bonchev–Trinajstić information content (AvgIpc) is 2.22. The van der Waals surface area contributed by atoms with Crippen molar-refractivity contribution in [3.8, 4) is 0 Å². The van der Waals surface area contributed by atoms with E-state index in [1.54, 1.807) is 0 Å². The summed E-state index contributed by atoms with van der Waals surface area (Å²) in [6, 6.07) is 8.37. The van der Waals surface area contributed by atoms with E-state index in [1.807, 2.05) is 0 Å². The number of nitrogens with one attached hydrogen (secondary N) is 1. The lowest BCUT2D eigenvalue weighted by molar-refractivity contribution is 0.715. The van der Waals surface area contributed by atoms with E-state index >= 15 is 0 Å². The molecule has 2 heteroatoms. The molecule has 15 heavy (non-hydrogen) atoms. The van der Waals surface area contributed by atoms with E-state index in [4.69, 9.17) is 0 Å². The van der Waals surface area contributed by atoms with Gasteiger partial charge < -0.3 is 5.32 Å². The molecule has 0 fully saturated rings. The van der Waals surface area contributed by atoms with Crippen LogP contribution in [0.2, 0.25) is 0 Å². The first-order chi connectivity index (χ1) is 7.22. The van der Waals surface area contributed by atoms with Crippen LogP contribution < -0.4 is 5.32 Å². The van der Waals surface area contributed by atoms with E-state index in [1.165, 1.54) is 17.6 Å². The molecule has 0 aliphatic carbocycles. The predicted molar refractivity (Wildman–Crippen MR) is 71.0 cm³/mol. The highest BCUT2D eigenvalue weighted by molar-refractivity contribution is 9.10. The summed E-state index contributed by atoms with van der Waals surface area (Å²) in [7, 11) is 0. The van der Waals surface area contributed by atoms with Gasteiger partial charge in [-0.2, -0.15) is 0 Å². The van der Waals surface area contributed by atoms with Gasteiger partial charge >= 0.3 is 0 Å². The highest BCUT2D eigenvalue weighted by atomic mass is 79.9. The molecule has 1 N–H and O–H groups in total. The van der Waals surface area contributed by atoms with E-state index in [0.29, 0.717) is 0 Å². The molecule has 0 aromatic heterocycles. The van der Waals surface area contributed by atoms with E-state index < -0.39 is 0 Å². The first kappa shape index (κ1) is 12.5. The molecule has 0 heterocycles. The Labute approximate surface area is 101 Å². The van der Waals surface area contributed by atoms with Gasteiger partial charge in [0, 0.05) is 11.0 Å². The summed E-state index contributed by atoms with van der Waals surface area (Å²) in [5.41, 5.74) is 2.62. The Morgan fingerprint density at radius 1 is 1.33 bits per heavy atom. The number of benzene rings is 1. The van der Waals surface area contributed by atoms with Crippen molar-refractivity contribution in [2.45, 2.75) is 20.3 Å². The molecule has 0 bridgehead atoms. The van der Waals surface area contributed by atoms with Crippen LogP contribution >= 0.6 is 15.9 Å². The Bertz CT molecular complexity index is 314. The first-order valence-electron chi connectivity index (χ1n) is 5.36. The van der Waals surface area contributed by atoms with Crippen molar-refractivity contribution in [3.05, 3.63) is 39.9 Å². The Morgan fingerprint density at radius 3 is 2.60 bits per heavy atom. The van der Waals surface area contributed by atoms with E-state index in [-0.39, 0.29) is 0 Å². The van der Waals surface area contributed by atoms with Gasteiger partial charge in [-0.1, -0.05) is 46.6 Å². The summed E-state index contributed by atoms with van der Waals surface area (Å²) in [6.07, 6.45) is 3.40. The molecular weight excluding hydrogens is 250 g/mol. The predicted octanol–water partition coefficient (Wildman–Crippen LogP) is 3.85. The zero-order chi connectivity index (χ0) is 11.1. The van der Waals surface area contributed by atoms with Crippen LogP contribution in [0.5, 0.6) is 0 Å². The Morgan fingerprint density at radius 2 is 2.00 bits per heavy atom. The molecule has 0 radical (unpaired) electrons. The highest BCUT2D eigenvalue weighted by Gasteiger charge is 1.92. The maximum atomic E-state index is 3.43. The molecule has 0 unspecified atom stereocenters. The van der Waals surface area contributed by atoms with Crippen LogP contribution in [-0.2, 0) is 0 Å². The smallest absolute Gasteiger partial charge is 0.0175 e. The van der Waals surface area contributed by atoms with Crippen molar-refractivity contribution in [3.63, 3.8) is 0 Å². The normalized spacial score (nSPS) is 11.8. The van der Waals surface area contributed by atoms with Gasteiger partial charge in [0.1, 0.15) is 0 Å². The summed E-state index contributed by atoms with van der Waals surface area (Å²) < 4.78 is 1.13. The molecule has 0 spiro atoms. The maximum Gasteiger partial charge on any atom is 0.0175 e. The Hall–Kier alpha value is -0.600. The fourth-order valence-corrected chi connectivity index (χ4v) is 1.62. The number of halogens is 1. The summed E-state index contributed by atoms with van der Waals surface area (Å²) in [5.74, 6) is 0. The van der Waals surface area contributed by atoms with Gasteiger partial charge in [0.2, 0.25) is 0 Å². The van der Waals surface area contributed by atoms with Crippen molar-refractivity contribution >= 4 is 22.0 Å². The van der Waals surface area contributed by atoms with Crippen molar-refractivity contribution in [2.24, 2.45) is 0 Å². The van der Waals surface area contributed by atoms with Gasteiger partial charge in [0.05, 0.1) is 0 Å². The topological polar surface area (TPSA) is 12.0 Å². The van der Waals surface area contributed by atoms with E-state index in [2.05, 4.69) is 65.4 Å². The lowest BCUT2D eigenvalue weighted by atomic mass is 10.1. The fraction of sp³-hybridized carbons (Fsp3) is 0.385. The van der Waals surface area contributed by atoms with E-state index in [9.17, 15) is 0 Å². The minimum atomic E-state index is 0.976. The number of rotatable bonds is 5. The van der Waals surface area contributed by atoms with Crippen LogP contribution in [0.1, 0.15) is 25.8 Å². The van der Waals surface area contributed by atoms with E-state index in [0.717, 1.165) is 17.6 Å². The molecular formula is C13H18BrN. The molecule has 1 nitrogen and oxygen atoms in total. The second kappa shape index (κ2) is 6.81. The zero-order valence-corrected chi connectivity index (χ0v) is 11.0. The standard InChI is InChI=1S/C13H18BrN/c1-3-8-15-10-11(2)9-12-4-6-13(14)7-5-12/h4-7,9,15H,3,8,10H2,1-2H3. The monoisotopic (exact) mass is 267 g/mol. The summed E-state index contributed by atoms with van der Waals surface area (Å²) >= 11 is 3.43. The van der Waals surface area contributed by atoms with Crippen LogP contribution in [-0.4, -0.2) is 13.1 Å². The lowest BCUT2D eigenvalue weighted by Crippen LogP contribution is -2.16. The third-order valence-corrected chi connectivity index (χ3v) is 2.64. The van der Waals surface area contributed by atoms with Crippen molar-refractivity contribution < 1.29 is 0 Å². The summed E-state index contributed by atoms with van der Waals surface area (Å²) in [6.45, 7) is 6.40. The second-order valence-corrected chi connectivity index (χ2v) is 4.63. The van der Waals surface area contributed by atoms with Crippen molar-refractivity contribution in [1.29, 1.82) is 0 Å². The molecule has 0 saturated heterocycles. The highest BCUT2D eigenvalue weighted by Crippen LogP contribution is 2.12. The molecule has 0 atom stereocenters. The average molecular weight is 268 g/mol. The van der Waals surface area contributed by atoms with Gasteiger partial charge in [0.15, 0.2) is 0 Å². The second-order valence-electron chi connectivity index (χ2n) is 3.72.